The van der Waals surface area contributed by atoms with Crippen LogP contribution in [-0.4, -0.2) is 13.7 Å². The van der Waals surface area contributed by atoms with Gasteiger partial charge >= 0.3 is 0 Å². The van der Waals surface area contributed by atoms with Crippen LogP contribution in [0, 0.1) is 0 Å². The topological polar surface area (TPSA) is 16.4 Å². The number of hydrogen-bond acceptors (Lipinski definition) is 4. The highest BCUT2D eigenvalue weighted by atomic mass is 32.2. The summed E-state index contributed by atoms with van der Waals surface area (Å²) in [4.78, 5) is 3.67. The maximum absolute atomic E-state index is 5.45. The maximum atomic E-state index is 5.45. The summed E-state index contributed by atoms with van der Waals surface area (Å²) in [6.07, 6.45) is 2.35. The maximum Gasteiger partial charge on any atom is 0.265 e. The minimum absolute atomic E-state index is 0.904. The molecular weight excluding hydrogens is 396 g/mol. The van der Waals surface area contributed by atoms with Crippen LogP contribution in [0.5, 0.6) is 5.75 Å². The lowest BCUT2D eigenvalue weighted by atomic mass is 10.1. The Morgan fingerprint density at radius 2 is 1.93 bits per heavy atom. The summed E-state index contributed by atoms with van der Waals surface area (Å²) >= 11 is 3.71. The monoisotopic (exact) mass is 419 g/mol. The van der Waals surface area contributed by atoms with Crippen molar-refractivity contribution in [3.63, 3.8) is 0 Å². The molecule has 3 nitrogen and oxygen atoms in total. The second-order valence-corrected chi connectivity index (χ2v) is 9.11. The molecule has 0 unspecified atom stereocenters. The van der Waals surface area contributed by atoms with Crippen molar-refractivity contribution in [1.29, 1.82) is 0 Å². The molecule has 0 saturated carbocycles. The summed E-state index contributed by atoms with van der Waals surface area (Å²) in [5.41, 5.74) is 2.57. The van der Waals surface area contributed by atoms with Crippen molar-refractivity contribution >= 4 is 55.9 Å². The first-order valence-corrected chi connectivity index (χ1v) is 11.6. The molecule has 0 saturated heterocycles. The lowest BCUT2D eigenvalue weighted by Gasteiger charge is -2.17. The van der Waals surface area contributed by atoms with Crippen LogP contribution in [0.4, 0.5) is 5.69 Å². The Morgan fingerprint density at radius 3 is 2.72 bits per heavy atom. The van der Waals surface area contributed by atoms with E-state index in [0.717, 1.165) is 18.8 Å². The van der Waals surface area contributed by atoms with E-state index in [1.807, 2.05) is 29.2 Å². The molecule has 146 valence electrons. The summed E-state index contributed by atoms with van der Waals surface area (Å²) < 4.78 is 9.23. The van der Waals surface area contributed by atoms with Crippen LogP contribution < -0.4 is 14.2 Å². The van der Waals surface area contributed by atoms with Gasteiger partial charge in [-0.15, -0.1) is 0 Å². The van der Waals surface area contributed by atoms with Gasteiger partial charge in [0, 0.05) is 17.5 Å². The van der Waals surface area contributed by atoms with Crippen molar-refractivity contribution < 1.29 is 9.30 Å². The van der Waals surface area contributed by atoms with E-state index in [1.165, 1.54) is 41.6 Å². The number of thiazole rings is 1. The second-order valence-electron chi connectivity index (χ2n) is 6.98. The Kier molecular flexibility index (Phi) is 4.72. The van der Waals surface area contributed by atoms with Crippen LogP contribution in [0.25, 0.3) is 27.1 Å². The molecule has 0 aliphatic carbocycles. The summed E-state index contributed by atoms with van der Waals surface area (Å²) in [6, 6.07) is 19.5. The van der Waals surface area contributed by atoms with E-state index in [1.54, 1.807) is 7.11 Å². The van der Waals surface area contributed by atoms with Gasteiger partial charge < -0.3 is 9.64 Å². The summed E-state index contributed by atoms with van der Waals surface area (Å²) in [6.45, 7) is 6.31. The molecule has 0 amide bonds. The van der Waals surface area contributed by atoms with Gasteiger partial charge in [-0.05, 0) is 43.5 Å². The fourth-order valence-corrected chi connectivity index (χ4v) is 6.44. The van der Waals surface area contributed by atoms with Crippen molar-refractivity contribution in [2.75, 3.05) is 18.6 Å². The summed E-state index contributed by atoms with van der Waals surface area (Å²) in [7, 11) is 1.72. The van der Waals surface area contributed by atoms with Crippen molar-refractivity contribution in [3.05, 3.63) is 64.6 Å². The van der Waals surface area contributed by atoms with Crippen LogP contribution >= 0.6 is 23.1 Å². The van der Waals surface area contributed by atoms with Crippen LogP contribution in [0.15, 0.2) is 64.5 Å². The molecular formula is C24H23N2OS2+. The zero-order valence-electron chi connectivity index (χ0n) is 16.8. The molecule has 0 radical (unpaired) electrons. The third-order valence-corrected chi connectivity index (χ3v) is 7.64. The minimum atomic E-state index is 0.904. The number of aryl methyl sites for hydroxylation is 1. The number of ether oxygens (including phenoxy) is 1. The second kappa shape index (κ2) is 7.39. The van der Waals surface area contributed by atoms with Crippen LogP contribution in [0.1, 0.15) is 18.9 Å². The zero-order valence-corrected chi connectivity index (χ0v) is 18.4. The van der Waals surface area contributed by atoms with Gasteiger partial charge in [0.25, 0.3) is 5.01 Å². The van der Waals surface area contributed by atoms with Crippen molar-refractivity contribution in [2.45, 2.75) is 25.3 Å². The molecule has 3 aromatic carbocycles. The number of benzene rings is 3. The fraction of sp³-hybridized carbons (Fsp3) is 0.208. The molecule has 0 fully saturated rings. The third-order valence-electron chi connectivity index (χ3n) is 5.43. The molecule has 5 rings (SSSR count). The third kappa shape index (κ3) is 3.00. The number of aromatic nitrogens is 1. The number of methoxy groups -OCH3 is 1. The molecule has 1 aliphatic rings. The summed E-state index contributed by atoms with van der Waals surface area (Å²) in [5.74, 6) is 0.904. The Hall–Kier alpha value is -2.50. The summed E-state index contributed by atoms with van der Waals surface area (Å²) in [5, 5.41) is 5.18. The van der Waals surface area contributed by atoms with Gasteiger partial charge in [-0.3, -0.25) is 0 Å². The normalized spacial score (nSPS) is 14.9. The first-order chi connectivity index (χ1) is 14.2. The smallest absolute Gasteiger partial charge is 0.265 e. The quantitative estimate of drug-likeness (QED) is 0.361. The van der Waals surface area contributed by atoms with Gasteiger partial charge in [0.05, 0.1) is 29.3 Å². The Balaban J connectivity index is 1.66. The zero-order chi connectivity index (χ0) is 20.0. The lowest BCUT2D eigenvalue weighted by Crippen LogP contribution is -2.34. The predicted octanol–water partition coefficient (Wildman–Crippen LogP) is 6.30. The van der Waals surface area contributed by atoms with E-state index >= 15 is 0 Å². The van der Waals surface area contributed by atoms with Crippen LogP contribution in [0.2, 0.25) is 0 Å². The SMILES string of the molecule is CCN1C(=Cc2sc3ccc4ccccc4c3[n+]2CC)Sc2ccc(OC)cc21. The highest BCUT2D eigenvalue weighted by Crippen LogP contribution is 2.48. The van der Waals surface area contributed by atoms with Crippen molar-refractivity contribution in [3.8, 4) is 5.75 Å². The number of nitrogens with zero attached hydrogens (tertiary/aromatic N) is 2. The standard InChI is InChI=1S/C24H23N2OS2/c1-4-25-19-14-17(27-3)11-13-20(19)28-22(25)15-23-26(5-2)24-18-9-7-6-8-16(18)10-12-21(24)29-23/h6-15H,4-5H2,1-3H3/q+1. The van der Waals surface area contributed by atoms with Gasteiger partial charge in [-0.1, -0.05) is 47.4 Å². The number of rotatable bonds is 4. The number of hydrogen-bond donors (Lipinski definition) is 0. The molecule has 5 heteroatoms. The number of anilines is 1. The van der Waals surface area contributed by atoms with Crippen LogP contribution in [0.3, 0.4) is 0 Å². The molecule has 0 bridgehead atoms. The average molecular weight is 420 g/mol. The Morgan fingerprint density at radius 1 is 1.07 bits per heavy atom. The van der Waals surface area contributed by atoms with E-state index in [-0.39, 0.29) is 0 Å². The first-order valence-electron chi connectivity index (χ1n) is 9.92. The van der Waals surface area contributed by atoms with Crippen LogP contribution in [-0.2, 0) is 6.54 Å². The first kappa shape index (κ1) is 18.5. The van der Waals surface area contributed by atoms with Crippen molar-refractivity contribution in [2.24, 2.45) is 0 Å². The molecule has 4 aromatic rings. The largest absolute Gasteiger partial charge is 0.497 e. The van der Waals surface area contributed by atoms with E-state index in [4.69, 9.17) is 4.74 Å². The predicted molar refractivity (Wildman–Crippen MR) is 125 cm³/mol. The lowest BCUT2D eigenvalue weighted by molar-refractivity contribution is -0.664. The van der Waals surface area contributed by atoms with E-state index in [9.17, 15) is 0 Å². The molecule has 29 heavy (non-hydrogen) atoms. The number of thioether (sulfide) groups is 1. The molecule has 2 heterocycles. The minimum Gasteiger partial charge on any atom is -0.497 e. The fourth-order valence-electron chi connectivity index (χ4n) is 4.04. The molecule has 0 atom stereocenters. The molecule has 1 aliphatic heterocycles. The van der Waals surface area contributed by atoms with Gasteiger partial charge in [-0.25, -0.2) is 0 Å². The van der Waals surface area contributed by atoms with Gasteiger partial charge in [0.15, 0.2) is 0 Å². The average Bonchev–Trinajstić information content (AvgIpc) is 3.30. The van der Waals surface area contributed by atoms with Gasteiger partial charge in [0.1, 0.15) is 17.0 Å². The molecule has 0 spiro atoms. The molecule has 1 aromatic heterocycles. The van der Waals surface area contributed by atoms with E-state index in [0.29, 0.717) is 0 Å². The van der Waals surface area contributed by atoms with Crippen molar-refractivity contribution in [1.82, 2.24) is 0 Å². The Labute approximate surface area is 179 Å². The van der Waals surface area contributed by atoms with E-state index < -0.39 is 0 Å². The Bertz CT molecular complexity index is 1260. The molecule has 0 N–H and O–H groups in total. The highest BCUT2D eigenvalue weighted by molar-refractivity contribution is 8.03. The van der Waals surface area contributed by atoms with Gasteiger partial charge in [0.2, 0.25) is 5.52 Å². The van der Waals surface area contributed by atoms with Gasteiger partial charge in [-0.2, -0.15) is 4.57 Å². The highest BCUT2D eigenvalue weighted by Gasteiger charge is 2.27. The van der Waals surface area contributed by atoms with E-state index in [2.05, 4.69) is 77.9 Å². The number of fused-ring (bicyclic) bond motifs is 4.